The van der Waals surface area contributed by atoms with Gasteiger partial charge in [0.1, 0.15) is 5.75 Å². The number of nitro benzene ring substituents is 1. The number of halogens is 1. The lowest BCUT2D eigenvalue weighted by atomic mass is 10.0. The van der Waals surface area contributed by atoms with Crippen LogP contribution >= 0.6 is 15.9 Å². The molecule has 0 N–H and O–H groups in total. The Morgan fingerprint density at radius 3 is 2.50 bits per heavy atom. The van der Waals surface area contributed by atoms with E-state index >= 15 is 0 Å². The fraction of sp³-hybridized carbons (Fsp3) is 0.364. The lowest BCUT2D eigenvalue weighted by Gasteiger charge is -2.12. The van der Waals surface area contributed by atoms with Crippen molar-refractivity contribution in [2.24, 2.45) is 0 Å². The highest BCUT2D eigenvalue weighted by molar-refractivity contribution is 9.08. The van der Waals surface area contributed by atoms with Gasteiger partial charge in [0.05, 0.1) is 25.6 Å². The minimum absolute atomic E-state index is 0.0495. The molecule has 0 atom stereocenters. The zero-order valence-electron chi connectivity index (χ0n) is 9.94. The van der Waals surface area contributed by atoms with Gasteiger partial charge < -0.3 is 9.47 Å². The van der Waals surface area contributed by atoms with Crippen molar-refractivity contribution in [3.63, 3.8) is 0 Å². The second-order valence-corrected chi connectivity index (χ2v) is 3.95. The van der Waals surface area contributed by atoms with E-state index < -0.39 is 10.9 Å². The van der Waals surface area contributed by atoms with Crippen LogP contribution in [0.1, 0.15) is 11.1 Å². The van der Waals surface area contributed by atoms with E-state index in [1.165, 1.54) is 26.4 Å². The molecular formula is C11H12BrNO5. The maximum Gasteiger partial charge on any atom is 0.310 e. The van der Waals surface area contributed by atoms with Crippen LogP contribution in [0.5, 0.6) is 5.75 Å². The zero-order chi connectivity index (χ0) is 13.7. The molecule has 0 spiro atoms. The molecule has 1 aromatic rings. The van der Waals surface area contributed by atoms with E-state index in [0.29, 0.717) is 16.9 Å². The average molecular weight is 318 g/mol. The molecule has 6 nitrogen and oxygen atoms in total. The Hall–Kier alpha value is -1.63. The number of esters is 1. The predicted molar refractivity (Wildman–Crippen MR) is 68.0 cm³/mol. The van der Waals surface area contributed by atoms with Crippen LogP contribution in [0.2, 0.25) is 0 Å². The van der Waals surface area contributed by atoms with Crippen LogP contribution in [0.15, 0.2) is 12.1 Å². The first kappa shape index (κ1) is 14.4. The molecule has 0 aliphatic rings. The molecular weight excluding hydrogens is 306 g/mol. The van der Waals surface area contributed by atoms with Crippen LogP contribution < -0.4 is 4.74 Å². The van der Waals surface area contributed by atoms with Crippen LogP contribution in [0, 0.1) is 10.1 Å². The topological polar surface area (TPSA) is 78.7 Å². The first-order valence-electron chi connectivity index (χ1n) is 5.01. The largest absolute Gasteiger partial charge is 0.496 e. The molecule has 0 aliphatic carbocycles. The first-order valence-corrected chi connectivity index (χ1v) is 6.13. The highest BCUT2D eigenvalue weighted by Crippen LogP contribution is 2.32. The summed E-state index contributed by atoms with van der Waals surface area (Å²) in [4.78, 5) is 21.8. The number of rotatable bonds is 5. The molecule has 0 aliphatic heterocycles. The summed E-state index contributed by atoms with van der Waals surface area (Å²) in [5.74, 6) is -0.0450. The lowest BCUT2D eigenvalue weighted by molar-refractivity contribution is -0.385. The molecule has 1 rings (SSSR count). The molecule has 1 aromatic carbocycles. The molecule has 0 saturated carbocycles. The Labute approximate surface area is 112 Å². The standard InChI is InChI=1S/C11H12BrNO5/c1-17-10-4-3-9(13(15)16)8(6-12)7(10)5-11(14)18-2/h3-4H,5-6H2,1-2H3. The monoisotopic (exact) mass is 317 g/mol. The van der Waals surface area contributed by atoms with Crippen molar-refractivity contribution in [2.75, 3.05) is 14.2 Å². The predicted octanol–water partition coefficient (Wildman–Crippen LogP) is 2.21. The van der Waals surface area contributed by atoms with Crippen molar-refractivity contribution in [3.05, 3.63) is 33.4 Å². The second kappa shape index (κ2) is 6.34. The third-order valence-electron chi connectivity index (χ3n) is 2.46. The molecule has 0 fully saturated rings. The van der Waals surface area contributed by atoms with Gasteiger partial charge in [-0.3, -0.25) is 14.9 Å². The lowest BCUT2D eigenvalue weighted by Crippen LogP contribution is -2.09. The van der Waals surface area contributed by atoms with Crippen LogP contribution in [0.4, 0.5) is 5.69 Å². The van der Waals surface area contributed by atoms with Crippen molar-refractivity contribution in [1.29, 1.82) is 0 Å². The third-order valence-corrected chi connectivity index (χ3v) is 3.02. The Morgan fingerprint density at radius 2 is 2.06 bits per heavy atom. The zero-order valence-corrected chi connectivity index (χ0v) is 11.5. The number of benzene rings is 1. The van der Waals surface area contributed by atoms with E-state index in [1.807, 2.05) is 0 Å². The summed E-state index contributed by atoms with van der Waals surface area (Å²) in [6, 6.07) is 2.83. The summed E-state index contributed by atoms with van der Waals surface area (Å²) >= 11 is 3.19. The average Bonchev–Trinajstić information content (AvgIpc) is 2.37. The van der Waals surface area contributed by atoms with Crippen molar-refractivity contribution < 1.29 is 19.2 Å². The van der Waals surface area contributed by atoms with E-state index in [0.717, 1.165) is 0 Å². The van der Waals surface area contributed by atoms with Gasteiger partial charge in [-0.05, 0) is 6.07 Å². The van der Waals surface area contributed by atoms with Gasteiger partial charge in [-0.2, -0.15) is 0 Å². The Kier molecular flexibility index (Phi) is 5.08. The highest BCUT2D eigenvalue weighted by atomic mass is 79.9. The maximum atomic E-state index is 11.3. The van der Waals surface area contributed by atoms with E-state index in [9.17, 15) is 14.9 Å². The quantitative estimate of drug-likeness (QED) is 0.360. The molecule has 98 valence electrons. The number of carbonyl (C=O) groups is 1. The fourth-order valence-corrected chi connectivity index (χ4v) is 2.21. The number of methoxy groups -OCH3 is 2. The first-order chi connectivity index (χ1) is 8.54. The number of hydrogen-bond donors (Lipinski definition) is 0. The summed E-state index contributed by atoms with van der Waals surface area (Å²) in [5.41, 5.74) is 0.840. The minimum atomic E-state index is -0.489. The molecule has 0 heterocycles. The Balaban J connectivity index is 3.36. The normalized spacial score (nSPS) is 9.94. The van der Waals surface area contributed by atoms with E-state index in [4.69, 9.17) is 4.74 Å². The molecule has 0 radical (unpaired) electrons. The number of ether oxygens (including phenoxy) is 2. The number of nitro groups is 1. The minimum Gasteiger partial charge on any atom is -0.496 e. The van der Waals surface area contributed by atoms with Crippen molar-refractivity contribution in [3.8, 4) is 5.75 Å². The summed E-state index contributed by atoms with van der Waals surface area (Å²) in [6.07, 6.45) is -0.0672. The number of carbonyl (C=O) groups excluding carboxylic acids is 1. The van der Waals surface area contributed by atoms with Crippen molar-refractivity contribution in [2.45, 2.75) is 11.8 Å². The van der Waals surface area contributed by atoms with Gasteiger partial charge in [0.2, 0.25) is 0 Å². The summed E-state index contributed by atoms with van der Waals surface area (Å²) in [6.45, 7) is 0. The summed E-state index contributed by atoms with van der Waals surface area (Å²) in [7, 11) is 2.71. The van der Waals surface area contributed by atoms with Gasteiger partial charge >= 0.3 is 5.97 Å². The van der Waals surface area contributed by atoms with Gasteiger partial charge in [-0.25, -0.2) is 0 Å². The Morgan fingerprint density at radius 1 is 1.39 bits per heavy atom. The summed E-state index contributed by atoms with van der Waals surface area (Å²) in [5, 5.41) is 11.2. The maximum absolute atomic E-state index is 11.3. The molecule has 0 unspecified atom stereocenters. The van der Waals surface area contributed by atoms with E-state index in [1.54, 1.807) is 0 Å². The molecule has 0 amide bonds. The molecule has 0 saturated heterocycles. The van der Waals surface area contributed by atoms with Gasteiger partial charge in [0.15, 0.2) is 0 Å². The van der Waals surface area contributed by atoms with E-state index in [-0.39, 0.29) is 17.4 Å². The smallest absolute Gasteiger partial charge is 0.310 e. The van der Waals surface area contributed by atoms with E-state index in [2.05, 4.69) is 20.7 Å². The van der Waals surface area contributed by atoms with Crippen LogP contribution in [0.3, 0.4) is 0 Å². The van der Waals surface area contributed by atoms with Gasteiger partial charge in [-0.15, -0.1) is 0 Å². The van der Waals surface area contributed by atoms with Gasteiger partial charge in [0.25, 0.3) is 5.69 Å². The van der Waals surface area contributed by atoms with Crippen LogP contribution in [-0.2, 0) is 21.3 Å². The third kappa shape index (κ3) is 2.98. The number of hydrogen-bond acceptors (Lipinski definition) is 5. The number of nitrogens with zero attached hydrogens (tertiary/aromatic N) is 1. The highest BCUT2D eigenvalue weighted by Gasteiger charge is 2.22. The molecule has 0 aromatic heterocycles. The fourth-order valence-electron chi connectivity index (χ4n) is 1.58. The van der Waals surface area contributed by atoms with Crippen LogP contribution in [-0.4, -0.2) is 25.1 Å². The van der Waals surface area contributed by atoms with Crippen LogP contribution in [0.25, 0.3) is 0 Å². The molecule has 0 bridgehead atoms. The van der Waals surface area contributed by atoms with Crippen molar-refractivity contribution in [1.82, 2.24) is 0 Å². The molecule has 7 heteroatoms. The Bertz CT molecular complexity index is 475. The second-order valence-electron chi connectivity index (χ2n) is 3.39. The van der Waals surface area contributed by atoms with Crippen molar-refractivity contribution >= 4 is 27.6 Å². The van der Waals surface area contributed by atoms with Gasteiger partial charge in [0, 0.05) is 22.5 Å². The SMILES string of the molecule is COC(=O)Cc1c(OC)ccc([N+](=O)[O-])c1CBr. The van der Waals surface area contributed by atoms with Gasteiger partial charge in [-0.1, -0.05) is 15.9 Å². The molecule has 18 heavy (non-hydrogen) atoms. The summed E-state index contributed by atoms with van der Waals surface area (Å²) < 4.78 is 9.69. The number of alkyl halides is 1.